The maximum atomic E-state index is 12.4. The van der Waals surface area contributed by atoms with E-state index in [1.807, 2.05) is 18.2 Å². The Hall–Kier alpha value is -2.82. The summed E-state index contributed by atoms with van der Waals surface area (Å²) in [4.78, 5) is 25.8. The van der Waals surface area contributed by atoms with Crippen molar-refractivity contribution in [1.29, 1.82) is 0 Å². The van der Waals surface area contributed by atoms with Crippen LogP contribution in [-0.4, -0.2) is 30.9 Å². The molecule has 1 fully saturated rings. The number of nitrogens with zero attached hydrogens (tertiary/aromatic N) is 1. The van der Waals surface area contributed by atoms with E-state index in [0.29, 0.717) is 11.3 Å². The molecule has 0 spiro atoms. The lowest BCUT2D eigenvalue weighted by Crippen LogP contribution is -2.44. The maximum absolute atomic E-state index is 12.4. The number of hydrogen-bond donors (Lipinski definition) is 2. The second-order valence-electron chi connectivity index (χ2n) is 6.33. The minimum atomic E-state index is -0.123. The molecule has 2 aromatic carbocycles. The highest BCUT2D eigenvalue weighted by Gasteiger charge is 2.21. The predicted molar refractivity (Wildman–Crippen MR) is 99.9 cm³/mol. The molecule has 0 atom stereocenters. The lowest BCUT2D eigenvalue weighted by atomic mass is 10.0. The Labute approximate surface area is 148 Å². The minimum absolute atomic E-state index is 0.0625. The van der Waals surface area contributed by atoms with E-state index in [1.54, 1.807) is 24.3 Å². The molecule has 130 valence electrons. The fourth-order valence-corrected chi connectivity index (χ4v) is 3.10. The average Bonchev–Trinajstić information content (AvgIpc) is 2.63. The van der Waals surface area contributed by atoms with Crippen molar-refractivity contribution in [3.8, 4) is 0 Å². The van der Waals surface area contributed by atoms with Crippen molar-refractivity contribution in [2.24, 2.45) is 0 Å². The molecule has 1 aliphatic heterocycles. The van der Waals surface area contributed by atoms with Gasteiger partial charge in [0.15, 0.2) is 0 Å². The maximum Gasteiger partial charge on any atom is 0.251 e. The van der Waals surface area contributed by atoms with E-state index in [2.05, 4.69) is 27.7 Å². The summed E-state index contributed by atoms with van der Waals surface area (Å²) in [6.45, 7) is 3.34. The molecule has 3 rings (SSSR count). The van der Waals surface area contributed by atoms with E-state index < -0.39 is 0 Å². The molecule has 0 aliphatic carbocycles. The van der Waals surface area contributed by atoms with Crippen LogP contribution < -0.4 is 15.5 Å². The van der Waals surface area contributed by atoms with Crippen LogP contribution in [0.5, 0.6) is 0 Å². The molecule has 1 aliphatic rings. The van der Waals surface area contributed by atoms with Crippen LogP contribution in [-0.2, 0) is 4.79 Å². The Morgan fingerprint density at radius 2 is 1.60 bits per heavy atom. The summed E-state index contributed by atoms with van der Waals surface area (Å²) < 4.78 is 0. The van der Waals surface area contributed by atoms with E-state index in [4.69, 9.17) is 0 Å². The zero-order chi connectivity index (χ0) is 17.6. The van der Waals surface area contributed by atoms with Crippen LogP contribution in [0.3, 0.4) is 0 Å². The van der Waals surface area contributed by atoms with Crippen LogP contribution in [0, 0.1) is 0 Å². The fraction of sp³-hybridized carbons (Fsp3) is 0.300. The van der Waals surface area contributed by atoms with Crippen LogP contribution in [0.1, 0.15) is 30.1 Å². The second-order valence-corrected chi connectivity index (χ2v) is 6.33. The van der Waals surface area contributed by atoms with Crippen LogP contribution in [0.2, 0.25) is 0 Å². The number of amides is 2. The number of nitrogens with one attached hydrogen (secondary N) is 2. The molecule has 1 heterocycles. The summed E-state index contributed by atoms with van der Waals surface area (Å²) in [5.74, 6) is -0.185. The van der Waals surface area contributed by atoms with E-state index in [0.717, 1.165) is 25.9 Å². The van der Waals surface area contributed by atoms with Crippen molar-refractivity contribution >= 4 is 23.2 Å². The monoisotopic (exact) mass is 337 g/mol. The normalized spacial score (nSPS) is 14.8. The second kappa shape index (κ2) is 7.83. The molecular formula is C20H23N3O2. The number of piperidine rings is 1. The summed E-state index contributed by atoms with van der Waals surface area (Å²) in [6, 6.07) is 17.5. The number of anilines is 2. The highest BCUT2D eigenvalue weighted by molar-refractivity contribution is 5.95. The molecule has 2 amide bonds. The molecule has 25 heavy (non-hydrogen) atoms. The smallest absolute Gasteiger partial charge is 0.251 e. The Balaban J connectivity index is 1.51. The van der Waals surface area contributed by atoms with Gasteiger partial charge >= 0.3 is 0 Å². The zero-order valence-corrected chi connectivity index (χ0v) is 14.4. The van der Waals surface area contributed by atoms with Gasteiger partial charge in [0.1, 0.15) is 0 Å². The van der Waals surface area contributed by atoms with Gasteiger partial charge in [-0.15, -0.1) is 0 Å². The summed E-state index contributed by atoms with van der Waals surface area (Å²) in [6.07, 6.45) is 1.87. The van der Waals surface area contributed by atoms with E-state index in [9.17, 15) is 9.59 Å². The lowest BCUT2D eigenvalue weighted by molar-refractivity contribution is -0.114. The molecular weight excluding hydrogens is 314 g/mol. The molecule has 0 aromatic heterocycles. The van der Waals surface area contributed by atoms with Crippen molar-refractivity contribution in [3.63, 3.8) is 0 Å². The van der Waals surface area contributed by atoms with Gasteiger partial charge in [-0.3, -0.25) is 9.59 Å². The van der Waals surface area contributed by atoms with Gasteiger partial charge in [-0.25, -0.2) is 0 Å². The quantitative estimate of drug-likeness (QED) is 0.901. The first-order valence-electron chi connectivity index (χ1n) is 8.60. The first kappa shape index (κ1) is 17.0. The number of rotatable bonds is 4. The summed E-state index contributed by atoms with van der Waals surface area (Å²) >= 11 is 0. The van der Waals surface area contributed by atoms with Crippen molar-refractivity contribution in [1.82, 2.24) is 5.32 Å². The third kappa shape index (κ3) is 4.59. The van der Waals surface area contributed by atoms with Gasteiger partial charge in [0.05, 0.1) is 0 Å². The van der Waals surface area contributed by atoms with Gasteiger partial charge in [-0.05, 0) is 49.2 Å². The highest BCUT2D eigenvalue weighted by Crippen LogP contribution is 2.19. The summed E-state index contributed by atoms with van der Waals surface area (Å²) in [5, 5.41) is 5.81. The molecule has 2 aromatic rings. The van der Waals surface area contributed by atoms with E-state index in [1.165, 1.54) is 12.6 Å². The van der Waals surface area contributed by atoms with Crippen LogP contribution >= 0.6 is 0 Å². The van der Waals surface area contributed by atoms with Crippen molar-refractivity contribution < 1.29 is 9.59 Å². The molecule has 1 saturated heterocycles. The number of benzene rings is 2. The minimum Gasteiger partial charge on any atom is -0.371 e. The van der Waals surface area contributed by atoms with Gasteiger partial charge in [0.2, 0.25) is 5.91 Å². The van der Waals surface area contributed by atoms with E-state index in [-0.39, 0.29) is 17.9 Å². The first-order chi connectivity index (χ1) is 12.1. The predicted octanol–water partition coefficient (Wildman–Crippen LogP) is 3.04. The number of carbonyl (C=O) groups is 2. The SMILES string of the molecule is CC(=O)Nc1ccc(C(=O)NC2CCN(c3ccccc3)CC2)cc1. The third-order valence-electron chi connectivity index (χ3n) is 4.42. The zero-order valence-electron chi connectivity index (χ0n) is 14.4. The summed E-state index contributed by atoms with van der Waals surface area (Å²) in [5.41, 5.74) is 2.54. The third-order valence-corrected chi connectivity index (χ3v) is 4.42. The average molecular weight is 337 g/mol. The van der Waals surface area contributed by atoms with Gasteiger partial charge in [0.25, 0.3) is 5.91 Å². The Morgan fingerprint density at radius 1 is 0.960 bits per heavy atom. The lowest BCUT2D eigenvalue weighted by Gasteiger charge is -2.34. The van der Waals surface area contributed by atoms with Gasteiger partial charge in [0, 0.05) is 43.0 Å². The largest absolute Gasteiger partial charge is 0.371 e. The van der Waals surface area contributed by atoms with Gasteiger partial charge < -0.3 is 15.5 Å². The van der Waals surface area contributed by atoms with Gasteiger partial charge in [-0.1, -0.05) is 18.2 Å². The highest BCUT2D eigenvalue weighted by atomic mass is 16.2. The Morgan fingerprint density at radius 3 is 2.20 bits per heavy atom. The van der Waals surface area contributed by atoms with Crippen molar-refractivity contribution in [2.75, 3.05) is 23.3 Å². The topological polar surface area (TPSA) is 61.4 Å². The van der Waals surface area contributed by atoms with Crippen molar-refractivity contribution in [3.05, 3.63) is 60.2 Å². The van der Waals surface area contributed by atoms with Crippen LogP contribution in [0.15, 0.2) is 54.6 Å². The van der Waals surface area contributed by atoms with Crippen molar-refractivity contribution in [2.45, 2.75) is 25.8 Å². The number of hydrogen-bond acceptors (Lipinski definition) is 3. The Bertz CT molecular complexity index is 720. The molecule has 2 N–H and O–H groups in total. The molecule has 0 bridgehead atoms. The molecule has 5 nitrogen and oxygen atoms in total. The summed E-state index contributed by atoms with van der Waals surface area (Å²) in [7, 11) is 0. The standard InChI is InChI=1S/C20H23N3O2/c1-15(24)21-17-9-7-16(8-10-17)20(25)22-18-11-13-23(14-12-18)19-5-3-2-4-6-19/h2-10,18H,11-14H2,1H3,(H,21,24)(H,22,25). The number of para-hydroxylation sites is 1. The first-order valence-corrected chi connectivity index (χ1v) is 8.60. The number of carbonyl (C=O) groups excluding carboxylic acids is 2. The van der Waals surface area contributed by atoms with E-state index >= 15 is 0 Å². The fourth-order valence-electron chi connectivity index (χ4n) is 3.10. The molecule has 0 radical (unpaired) electrons. The van der Waals surface area contributed by atoms with Crippen LogP contribution in [0.4, 0.5) is 11.4 Å². The molecule has 0 unspecified atom stereocenters. The molecule has 0 saturated carbocycles. The Kier molecular flexibility index (Phi) is 5.33. The van der Waals surface area contributed by atoms with Gasteiger partial charge in [-0.2, -0.15) is 0 Å². The van der Waals surface area contributed by atoms with Crippen LogP contribution in [0.25, 0.3) is 0 Å². The molecule has 5 heteroatoms.